The normalized spacial score (nSPS) is 11.9. The van der Waals surface area contributed by atoms with Gasteiger partial charge in [0.25, 0.3) is 0 Å². The number of hydrogen-bond donors (Lipinski definition) is 1. The van der Waals surface area contributed by atoms with Crippen molar-refractivity contribution < 1.29 is 4.79 Å². The van der Waals surface area contributed by atoms with Gasteiger partial charge >= 0.3 is 0 Å². The van der Waals surface area contributed by atoms with Crippen molar-refractivity contribution in [2.45, 2.75) is 18.9 Å². The monoisotopic (exact) mass is 438 g/mol. The van der Waals surface area contributed by atoms with Crippen molar-refractivity contribution in [2.75, 3.05) is 0 Å². The molecule has 0 aliphatic rings. The number of carbonyl (C=O) groups excluding carboxylic acids is 1. The van der Waals surface area contributed by atoms with E-state index >= 15 is 0 Å². The molecule has 2 heterocycles. The quantitative estimate of drug-likeness (QED) is 0.375. The Morgan fingerprint density at radius 3 is 2.59 bits per heavy atom. The van der Waals surface area contributed by atoms with E-state index in [2.05, 4.69) is 23.5 Å². The standard InChI is InChI=1S/C23H19ClN2OS2/c24-18-9-4-8-17(12-18)14-22(27)25-19(13-16-6-2-1-3-7-16)20-15-29-23(26-20)21-10-5-11-28-21/h1-12,15,19H,13-14H2,(H,25,27)/t19-/m0/s1. The zero-order valence-electron chi connectivity index (χ0n) is 15.5. The third-order valence-corrected chi connectivity index (χ3v) is 6.62. The fourth-order valence-corrected chi connectivity index (χ4v) is 5.02. The van der Waals surface area contributed by atoms with Crippen LogP contribution in [0.25, 0.3) is 9.88 Å². The fourth-order valence-electron chi connectivity index (χ4n) is 3.12. The predicted octanol–water partition coefficient (Wildman–Crippen LogP) is 6.17. The minimum absolute atomic E-state index is 0.0427. The van der Waals surface area contributed by atoms with Crippen molar-refractivity contribution in [2.24, 2.45) is 0 Å². The highest BCUT2D eigenvalue weighted by molar-refractivity contribution is 7.20. The van der Waals surface area contributed by atoms with Gasteiger partial charge in [0, 0.05) is 10.4 Å². The lowest BCUT2D eigenvalue weighted by Crippen LogP contribution is -2.31. The first-order chi connectivity index (χ1) is 14.2. The van der Waals surface area contributed by atoms with Gasteiger partial charge in [-0.05, 0) is 41.1 Å². The minimum atomic E-state index is -0.186. The Hall–Kier alpha value is -2.47. The number of nitrogens with one attached hydrogen (secondary N) is 1. The van der Waals surface area contributed by atoms with Crippen molar-refractivity contribution in [3.05, 3.63) is 99.3 Å². The lowest BCUT2D eigenvalue weighted by molar-refractivity contribution is -0.121. The zero-order valence-corrected chi connectivity index (χ0v) is 17.9. The lowest BCUT2D eigenvalue weighted by Gasteiger charge is -2.17. The molecule has 4 rings (SSSR count). The minimum Gasteiger partial charge on any atom is -0.347 e. The van der Waals surface area contributed by atoms with Crippen LogP contribution in [0.3, 0.4) is 0 Å². The Bertz CT molecular complexity index is 1080. The second-order valence-corrected chi connectivity index (χ2v) is 8.91. The first kappa shape index (κ1) is 19.8. The number of benzene rings is 2. The Balaban J connectivity index is 1.54. The number of thiophene rings is 1. The molecule has 4 aromatic rings. The van der Waals surface area contributed by atoms with E-state index in [-0.39, 0.29) is 18.4 Å². The molecule has 0 saturated heterocycles. The van der Waals surface area contributed by atoms with Crippen molar-refractivity contribution in [3.63, 3.8) is 0 Å². The summed E-state index contributed by atoms with van der Waals surface area (Å²) in [6.45, 7) is 0. The highest BCUT2D eigenvalue weighted by Gasteiger charge is 2.19. The van der Waals surface area contributed by atoms with Gasteiger partial charge in [-0.15, -0.1) is 22.7 Å². The van der Waals surface area contributed by atoms with Crippen LogP contribution in [0.4, 0.5) is 0 Å². The molecule has 0 radical (unpaired) electrons. The Morgan fingerprint density at radius 2 is 1.83 bits per heavy atom. The molecule has 2 aromatic heterocycles. The molecule has 0 bridgehead atoms. The van der Waals surface area contributed by atoms with E-state index in [1.165, 1.54) is 0 Å². The molecule has 1 amide bonds. The molecule has 0 saturated carbocycles. The van der Waals surface area contributed by atoms with E-state index in [4.69, 9.17) is 16.6 Å². The van der Waals surface area contributed by atoms with Crippen LogP contribution in [0, 0.1) is 0 Å². The van der Waals surface area contributed by atoms with Crippen LogP contribution in [-0.2, 0) is 17.6 Å². The van der Waals surface area contributed by atoms with Crippen LogP contribution in [0.5, 0.6) is 0 Å². The van der Waals surface area contributed by atoms with Gasteiger partial charge in [0.1, 0.15) is 5.01 Å². The average Bonchev–Trinajstić information content (AvgIpc) is 3.40. The highest BCUT2D eigenvalue weighted by Crippen LogP contribution is 2.30. The topological polar surface area (TPSA) is 42.0 Å². The summed E-state index contributed by atoms with van der Waals surface area (Å²) < 4.78 is 0. The molecule has 1 N–H and O–H groups in total. The number of hydrogen-bond acceptors (Lipinski definition) is 4. The number of nitrogens with zero attached hydrogens (tertiary/aromatic N) is 1. The molecule has 0 fully saturated rings. The molecule has 1 atom stereocenters. The Morgan fingerprint density at radius 1 is 1.00 bits per heavy atom. The Labute approximate surface area is 183 Å². The van der Waals surface area contributed by atoms with Gasteiger partial charge in [0.15, 0.2) is 0 Å². The van der Waals surface area contributed by atoms with Crippen LogP contribution < -0.4 is 5.32 Å². The third-order valence-electron chi connectivity index (χ3n) is 4.48. The molecule has 146 valence electrons. The maximum Gasteiger partial charge on any atom is 0.224 e. The average molecular weight is 439 g/mol. The third kappa shape index (κ3) is 5.32. The molecule has 0 spiro atoms. The van der Waals surface area contributed by atoms with Crippen LogP contribution in [0.2, 0.25) is 5.02 Å². The summed E-state index contributed by atoms with van der Waals surface area (Å²) in [4.78, 5) is 18.7. The molecule has 0 aliphatic carbocycles. The van der Waals surface area contributed by atoms with Gasteiger partial charge in [-0.1, -0.05) is 60.1 Å². The van der Waals surface area contributed by atoms with E-state index in [9.17, 15) is 4.79 Å². The van der Waals surface area contributed by atoms with Crippen LogP contribution in [0.1, 0.15) is 22.9 Å². The van der Waals surface area contributed by atoms with Gasteiger partial charge in [-0.3, -0.25) is 4.79 Å². The predicted molar refractivity (Wildman–Crippen MR) is 122 cm³/mol. The van der Waals surface area contributed by atoms with Gasteiger partial charge < -0.3 is 5.32 Å². The summed E-state index contributed by atoms with van der Waals surface area (Å²) in [5.41, 5.74) is 2.94. The van der Waals surface area contributed by atoms with Gasteiger partial charge in [0.2, 0.25) is 5.91 Å². The van der Waals surface area contributed by atoms with Crippen molar-refractivity contribution in [3.8, 4) is 9.88 Å². The largest absolute Gasteiger partial charge is 0.347 e. The van der Waals surface area contributed by atoms with Gasteiger partial charge in [0.05, 0.1) is 23.0 Å². The SMILES string of the molecule is O=C(Cc1cccc(Cl)c1)N[C@@H](Cc1ccccc1)c1csc(-c2cccs2)n1. The number of rotatable bonds is 7. The summed E-state index contributed by atoms with van der Waals surface area (Å²) in [7, 11) is 0. The summed E-state index contributed by atoms with van der Waals surface area (Å²) in [6.07, 6.45) is 0.976. The smallest absolute Gasteiger partial charge is 0.224 e. The molecule has 3 nitrogen and oxygen atoms in total. The number of halogens is 1. The van der Waals surface area contributed by atoms with Gasteiger partial charge in [-0.2, -0.15) is 0 Å². The van der Waals surface area contributed by atoms with Crippen LogP contribution in [0.15, 0.2) is 77.5 Å². The zero-order chi connectivity index (χ0) is 20.1. The fraction of sp³-hybridized carbons (Fsp3) is 0.130. The van der Waals surface area contributed by atoms with Crippen molar-refractivity contribution in [1.29, 1.82) is 0 Å². The number of amides is 1. The second kappa shape index (κ2) is 9.35. The lowest BCUT2D eigenvalue weighted by atomic mass is 10.0. The molecular formula is C23H19ClN2OS2. The molecule has 0 aliphatic heterocycles. The van der Waals surface area contributed by atoms with Crippen LogP contribution >= 0.6 is 34.3 Å². The molecule has 2 aromatic carbocycles. The van der Waals surface area contributed by atoms with E-state index in [1.54, 1.807) is 22.7 Å². The van der Waals surface area contributed by atoms with Crippen molar-refractivity contribution >= 4 is 40.2 Å². The number of thiazole rings is 1. The van der Waals surface area contributed by atoms with Gasteiger partial charge in [-0.25, -0.2) is 4.98 Å². The van der Waals surface area contributed by atoms with E-state index in [0.717, 1.165) is 26.7 Å². The molecular weight excluding hydrogens is 420 g/mol. The maximum atomic E-state index is 12.8. The summed E-state index contributed by atoms with van der Waals surface area (Å²) >= 11 is 9.33. The molecule has 6 heteroatoms. The van der Waals surface area contributed by atoms with E-state index in [1.807, 2.05) is 59.3 Å². The summed E-state index contributed by atoms with van der Waals surface area (Å²) in [6, 6.07) is 21.5. The van der Waals surface area contributed by atoms with E-state index < -0.39 is 0 Å². The first-order valence-electron chi connectivity index (χ1n) is 9.24. The number of aromatic nitrogens is 1. The van der Waals surface area contributed by atoms with Crippen molar-refractivity contribution in [1.82, 2.24) is 10.3 Å². The van der Waals surface area contributed by atoms with E-state index in [0.29, 0.717) is 11.4 Å². The maximum absolute atomic E-state index is 12.8. The van der Waals surface area contributed by atoms with Crippen LogP contribution in [-0.4, -0.2) is 10.9 Å². The number of carbonyl (C=O) groups is 1. The Kier molecular flexibility index (Phi) is 6.39. The second-order valence-electron chi connectivity index (χ2n) is 6.67. The molecule has 29 heavy (non-hydrogen) atoms. The first-order valence-corrected chi connectivity index (χ1v) is 11.4. The summed E-state index contributed by atoms with van der Waals surface area (Å²) in [5.74, 6) is -0.0427. The highest BCUT2D eigenvalue weighted by atomic mass is 35.5. The molecule has 0 unspecified atom stereocenters. The summed E-state index contributed by atoms with van der Waals surface area (Å²) in [5, 5.41) is 8.88.